The lowest BCUT2D eigenvalue weighted by atomic mass is 10.2. The lowest BCUT2D eigenvalue weighted by molar-refractivity contribution is -0.384. The van der Waals surface area contributed by atoms with Crippen molar-refractivity contribution >= 4 is 34.7 Å². The van der Waals surface area contributed by atoms with Crippen LogP contribution in [-0.2, 0) is 0 Å². The van der Waals surface area contributed by atoms with Gasteiger partial charge in [-0.3, -0.25) is 10.1 Å². The molecule has 0 aliphatic heterocycles. The molecule has 0 aromatic heterocycles. The molecule has 0 aliphatic carbocycles. The van der Waals surface area contributed by atoms with E-state index in [1.165, 1.54) is 12.1 Å². The Morgan fingerprint density at radius 2 is 2.29 bits per heavy atom. The summed E-state index contributed by atoms with van der Waals surface area (Å²) in [6.07, 6.45) is 0. The summed E-state index contributed by atoms with van der Waals surface area (Å²) in [5.41, 5.74) is 0.537. The maximum absolute atomic E-state index is 10.8. The number of anilines is 1. The zero-order valence-corrected chi connectivity index (χ0v) is 11.3. The van der Waals surface area contributed by atoms with Crippen molar-refractivity contribution in [2.45, 2.75) is 19.9 Å². The second-order valence-corrected chi connectivity index (χ2v) is 5.38. The summed E-state index contributed by atoms with van der Waals surface area (Å²) in [7, 11) is 0. The van der Waals surface area contributed by atoms with Crippen LogP contribution in [-0.4, -0.2) is 22.5 Å². The Labute approximate surface area is 110 Å². The topological polar surface area (TPSA) is 55.2 Å². The minimum Gasteiger partial charge on any atom is -0.376 e. The van der Waals surface area contributed by atoms with E-state index in [-0.39, 0.29) is 11.7 Å². The van der Waals surface area contributed by atoms with E-state index in [2.05, 4.69) is 12.2 Å². The van der Waals surface area contributed by atoms with Gasteiger partial charge in [-0.25, -0.2) is 0 Å². The Morgan fingerprint density at radius 1 is 1.59 bits per heavy atom. The highest BCUT2D eigenvalue weighted by Crippen LogP contribution is 2.28. The number of nitro groups is 1. The zero-order valence-electron chi connectivity index (χ0n) is 9.77. The van der Waals surface area contributed by atoms with Crippen molar-refractivity contribution in [3.63, 3.8) is 0 Å². The summed E-state index contributed by atoms with van der Waals surface area (Å²) < 4.78 is 0. The molecule has 0 heterocycles. The Hall–Kier alpha value is -0.940. The number of hydrogen-bond donors (Lipinski definition) is 1. The minimum absolute atomic E-state index is 0.0581. The van der Waals surface area contributed by atoms with Gasteiger partial charge in [0.1, 0.15) is 5.69 Å². The van der Waals surface area contributed by atoms with Gasteiger partial charge in [0, 0.05) is 22.9 Å². The van der Waals surface area contributed by atoms with Gasteiger partial charge in [-0.2, -0.15) is 11.8 Å². The number of hydrogen-bond acceptors (Lipinski definition) is 4. The van der Waals surface area contributed by atoms with E-state index in [0.29, 0.717) is 10.7 Å². The molecule has 6 heteroatoms. The van der Waals surface area contributed by atoms with Crippen molar-refractivity contribution in [3.05, 3.63) is 33.3 Å². The van der Waals surface area contributed by atoms with Gasteiger partial charge in [0.25, 0.3) is 5.69 Å². The molecule has 1 atom stereocenters. The molecule has 0 aliphatic rings. The Kier molecular flexibility index (Phi) is 5.58. The molecule has 1 aromatic rings. The first kappa shape index (κ1) is 14.1. The summed E-state index contributed by atoms with van der Waals surface area (Å²) in [4.78, 5) is 10.4. The van der Waals surface area contributed by atoms with Crippen LogP contribution in [0.3, 0.4) is 0 Å². The number of benzene rings is 1. The molecule has 94 valence electrons. The maximum atomic E-state index is 10.8. The van der Waals surface area contributed by atoms with Gasteiger partial charge >= 0.3 is 0 Å². The van der Waals surface area contributed by atoms with Crippen molar-refractivity contribution in [3.8, 4) is 0 Å². The highest BCUT2D eigenvalue weighted by Gasteiger charge is 2.15. The molecule has 0 saturated heterocycles. The molecular formula is C11H15ClN2O2S. The number of rotatable bonds is 6. The number of nitrogens with zero attached hydrogens (tertiary/aromatic N) is 1. The number of halogens is 1. The second kappa shape index (κ2) is 6.71. The van der Waals surface area contributed by atoms with Crippen LogP contribution in [0.1, 0.15) is 13.8 Å². The molecule has 0 spiro atoms. The summed E-state index contributed by atoms with van der Waals surface area (Å²) in [6, 6.07) is 4.70. The van der Waals surface area contributed by atoms with Crippen LogP contribution < -0.4 is 5.32 Å². The fourth-order valence-electron chi connectivity index (χ4n) is 1.38. The lowest BCUT2D eigenvalue weighted by Gasteiger charge is -2.14. The van der Waals surface area contributed by atoms with E-state index in [0.717, 1.165) is 11.5 Å². The van der Waals surface area contributed by atoms with E-state index in [1.807, 2.05) is 6.92 Å². The summed E-state index contributed by atoms with van der Waals surface area (Å²) in [6.45, 7) is 4.08. The van der Waals surface area contributed by atoms with Gasteiger partial charge in [-0.05, 0) is 24.8 Å². The van der Waals surface area contributed by atoms with E-state index < -0.39 is 4.92 Å². The fourth-order valence-corrected chi connectivity index (χ4v) is 2.23. The van der Waals surface area contributed by atoms with E-state index in [4.69, 9.17) is 11.6 Å². The standard InChI is InChI=1S/C11H15ClN2O2S/c1-3-17-7-8(2)13-10-6-9(12)4-5-11(10)14(15)16/h4-6,8,13H,3,7H2,1-2H3. The molecule has 1 rings (SSSR count). The van der Waals surface area contributed by atoms with Gasteiger partial charge in [0.2, 0.25) is 0 Å². The first-order valence-electron chi connectivity index (χ1n) is 5.32. The molecule has 0 bridgehead atoms. The van der Waals surface area contributed by atoms with E-state index in [9.17, 15) is 10.1 Å². The molecular weight excluding hydrogens is 260 g/mol. The third kappa shape index (κ3) is 4.44. The predicted octanol–water partition coefficient (Wildman–Crippen LogP) is 3.80. The molecule has 1 N–H and O–H groups in total. The summed E-state index contributed by atoms with van der Waals surface area (Å²) >= 11 is 7.63. The first-order chi connectivity index (χ1) is 8.04. The average molecular weight is 275 g/mol. The molecule has 1 unspecified atom stereocenters. The first-order valence-corrected chi connectivity index (χ1v) is 6.86. The molecule has 0 saturated carbocycles. The maximum Gasteiger partial charge on any atom is 0.292 e. The van der Waals surface area contributed by atoms with Crippen molar-refractivity contribution < 1.29 is 4.92 Å². The number of nitrogens with one attached hydrogen (secondary N) is 1. The fraction of sp³-hybridized carbons (Fsp3) is 0.455. The monoisotopic (exact) mass is 274 g/mol. The quantitative estimate of drug-likeness (QED) is 0.633. The molecule has 0 radical (unpaired) electrons. The van der Waals surface area contributed by atoms with Crippen LogP contribution in [0.15, 0.2) is 18.2 Å². The van der Waals surface area contributed by atoms with Crippen LogP contribution in [0.25, 0.3) is 0 Å². The molecule has 4 nitrogen and oxygen atoms in total. The van der Waals surface area contributed by atoms with Gasteiger partial charge in [-0.15, -0.1) is 0 Å². The van der Waals surface area contributed by atoms with Gasteiger partial charge in [0.15, 0.2) is 0 Å². The Bertz CT molecular complexity index is 401. The van der Waals surface area contributed by atoms with Crippen LogP contribution in [0, 0.1) is 10.1 Å². The van der Waals surface area contributed by atoms with Crippen molar-refractivity contribution in [2.24, 2.45) is 0 Å². The van der Waals surface area contributed by atoms with Gasteiger partial charge in [0.05, 0.1) is 4.92 Å². The van der Waals surface area contributed by atoms with Gasteiger partial charge < -0.3 is 5.32 Å². The van der Waals surface area contributed by atoms with Crippen LogP contribution in [0.4, 0.5) is 11.4 Å². The highest BCUT2D eigenvalue weighted by molar-refractivity contribution is 7.99. The van der Waals surface area contributed by atoms with Crippen molar-refractivity contribution in [2.75, 3.05) is 16.8 Å². The third-order valence-corrected chi connectivity index (χ3v) is 3.51. The number of nitro benzene ring substituents is 1. The van der Waals surface area contributed by atoms with E-state index >= 15 is 0 Å². The zero-order chi connectivity index (χ0) is 12.8. The molecule has 0 fully saturated rings. The van der Waals surface area contributed by atoms with Crippen LogP contribution >= 0.6 is 23.4 Å². The van der Waals surface area contributed by atoms with Crippen molar-refractivity contribution in [1.29, 1.82) is 0 Å². The summed E-state index contributed by atoms with van der Waals surface area (Å²) in [5, 5.41) is 14.5. The Balaban J connectivity index is 2.81. The molecule has 1 aromatic carbocycles. The van der Waals surface area contributed by atoms with Crippen LogP contribution in [0.5, 0.6) is 0 Å². The normalized spacial score (nSPS) is 12.2. The SMILES string of the molecule is CCSCC(C)Nc1cc(Cl)ccc1[N+](=O)[O-]. The van der Waals surface area contributed by atoms with Gasteiger partial charge in [-0.1, -0.05) is 18.5 Å². The second-order valence-electron chi connectivity index (χ2n) is 3.62. The minimum atomic E-state index is -0.404. The Morgan fingerprint density at radius 3 is 2.88 bits per heavy atom. The smallest absolute Gasteiger partial charge is 0.292 e. The van der Waals surface area contributed by atoms with E-state index in [1.54, 1.807) is 17.8 Å². The number of thioether (sulfide) groups is 1. The lowest BCUT2D eigenvalue weighted by Crippen LogP contribution is -2.18. The largest absolute Gasteiger partial charge is 0.376 e. The third-order valence-electron chi connectivity index (χ3n) is 2.13. The summed E-state index contributed by atoms with van der Waals surface area (Å²) in [5.74, 6) is 1.93. The predicted molar refractivity (Wildman–Crippen MR) is 74.2 cm³/mol. The average Bonchev–Trinajstić information content (AvgIpc) is 2.26. The molecule has 17 heavy (non-hydrogen) atoms. The van der Waals surface area contributed by atoms with Crippen LogP contribution in [0.2, 0.25) is 5.02 Å². The molecule has 0 amide bonds. The highest BCUT2D eigenvalue weighted by atomic mass is 35.5. The van der Waals surface area contributed by atoms with Crippen molar-refractivity contribution in [1.82, 2.24) is 0 Å².